The topological polar surface area (TPSA) is 50.4 Å². The summed E-state index contributed by atoms with van der Waals surface area (Å²) in [7, 11) is 0. The van der Waals surface area contributed by atoms with Crippen molar-refractivity contribution in [2.45, 2.75) is 31.8 Å². The molecule has 1 aliphatic heterocycles. The lowest BCUT2D eigenvalue weighted by Crippen LogP contribution is -2.46. The molecule has 2 atom stereocenters. The lowest BCUT2D eigenvalue weighted by molar-refractivity contribution is 0.188. The highest BCUT2D eigenvalue weighted by molar-refractivity contribution is 9.10. The molecule has 5 heteroatoms. The maximum atomic E-state index is 11.8. The van der Waals surface area contributed by atoms with Crippen molar-refractivity contribution in [2.24, 2.45) is 0 Å². The molecule has 0 aromatic heterocycles. The lowest BCUT2D eigenvalue weighted by Gasteiger charge is -2.17. The molecule has 1 heterocycles. The molecule has 2 amide bonds. The van der Waals surface area contributed by atoms with Crippen LogP contribution in [0.25, 0.3) is 0 Å². The zero-order valence-electron chi connectivity index (χ0n) is 11.0. The van der Waals surface area contributed by atoms with Gasteiger partial charge < -0.3 is 15.4 Å². The minimum absolute atomic E-state index is 0.100. The first-order valence-electron chi connectivity index (χ1n) is 6.52. The monoisotopic (exact) mass is 326 g/mol. The van der Waals surface area contributed by atoms with Crippen LogP contribution in [0.3, 0.4) is 0 Å². The molecule has 0 radical (unpaired) electrons. The summed E-state index contributed by atoms with van der Waals surface area (Å²) < 4.78 is 6.29. The second-order valence-electron chi connectivity index (χ2n) is 4.91. The van der Waals surface area contributed by atoms with Gasteiger partial charge in [-0.2, -0.15) is 0 Å². The molecule has 104 valence electrons. The summed E-state index contributed by atoms with van der Waals surface area (Å²) in [4.78, 5) is 11.8. The number of ether oxygens (including phenoxy) is 1. The first-order chi connectivity index (χ1) is 9.13. The fourth-order valence-electron chi connectivity index (χ4n) is 2.12. The van der Waals surface area contributed by atoms with Crippen molar-refractivity contribution in [2.75, 3.05) is 13.2 Å². The third-order valence-electron chi connectivity index (χ3n) is 3.10. The maximum absolute atomic E-state index is 11.8. The Labute approximate surface area is 122 Å². The third-order valence-corrected chi connectivity index (χ3v) is 3.63. The number of urea groups is 1. The van der Waals surface area contributed by atoms with E-state index in [1.54, 1.807) is 0 Å². The van der Waals surface area contributed by atoms with Crippen LogP contribution in [-0.4, -0.2) is 31.3 Å². The van der Waals surface area contributed by atoms with Crippen LogP contribution in [0.5, 0.6) is 0 Å². The summed E-state index contributed by atoms with van der Waals surface area (Å²) in [6.07, 6.45) is 1.72. The van der Waals surface area contributed by atoms with Gasteiger partial charge in [-0.05, 0) is 37.5 Å². The number of carbonyl (C=O) groups excluding carboxylic acids is 1. The highest BCUT2D eigenvalue weighted by atomic mass is 79.9. The van der Waals surface area contributed by atoms with E-state index in [-0.39, 0.29) is 18.1 Å². The molecule has 2 N–H and O–H groups in total. The van der Waals surface area contributed by atoms with Crippen molar-refractivity contribution in [3.8, 4) is 0 Å². The smallest absolute Gasteiger partial charge is 0.315 e. The van der Waals surface area contributed by atoms with Crippen LogP contribution in [0.1, 0.15) is 18.9 Å². The first-order valence-corrected chi connectivity index (χ1v) is 7.32. The highest BCUT2D eigenvalue weighted by Crippen LogP contribution is 2.11. The number of benzene rings is 1. The molecular formula is C14H19BrN2O2. The molecule has 0 spiro atoms. The van der Waals surface area contributed by atoms with Gasteiger partial charge >= 0.3 is 6.03 Å². The fraction of sp³-hybridized carbons (Fsp3) is 0.500. The van der Waals surface area contributed by atoms with Gasteiger partial charge in [0.15, 0.2) is 0 Å². The Bertz CT molecular complexity index is 416. The van der Waals surface area contributed by atoms with Crippen LogP contribution in [0, 0.1) is 0 Å². The van der Waals surface area contributed by atoms with E-state index in [9.17, 15) is 4.79 Å². The molecule has 0 saturated carbocycles. The molecule has 19 heavy (non-hydrogen) atoms. The Kier molecular flexibility index (Phi) is 5.22. The van der Waals surface area contributed by atoms with Gasteiger partial charge in [0.1, 0.15) is 0 Å². The van der Waals surface area contributed by atoms with Crippen LogP contribution in [0.2, 0.25) is 0 Å². The molecule has 1 aromatic rings. The van der Waals surface area contributed by atoms with Gasteiger partial charge in [-0.1, -0.05) is 28.1 Å². The first kappa shape index (κ1) is 14.3. The summed E-state index contributed by atoms with van der Waals surface area (Å²) in [5.74, 6) is 0. The van der Waals surface area contributed by atoms with Gasteiger partial charge in [-0.25, -0.2) is 4.79 Å². The van der Waals surface area contributed by atoms with Crippen LogP contribution in [-0.2, 0) is 11.2 Å². The van der Waals surface area contributed by atoms with Crippen molar-refractivity contribution >= 4 is 22.0 Å². The molecule has 2 rings (SSSR count). The fourth-order valence-corrected chi connectivity index (χ4v) is 2.39. The zero-order valence-corrected chi connectivity index (χ0v) is 12.6. The van der Waals surface area contributed by atoms with E-state index in [2.05, 4.69) is 38.7 Å². The Morgan fingerprint density at radius 1 is 1.47 bits per heavy atom. The maximum Gasteiger partial charge on any atom is 0.315 e. The van der Waals surface area contributed by atoms with E-state index in [0.29, 0.717) is 6.61 Å². The Balaban J connectivity index is 1.75. The standard InChI is InChI=1S/C14H19BrN2O2/c1-10(8-11-2-4-12(15)5-3-11)16-14(18)17-13-6-7-19-9-13/h2-5,10,13H,6-9H2,1H3,(H2,16,17,18). The predicted molar refractivity (Wildman–Crippen MR) is 78.2 cm³/mol. The minimum Gasteiger partial charge on any atom is -0.379 e. The Morgan fingerprint density at radius 3 is 2.84 bits per heavy atom. The third kappa shape index (κ3) is 4.84. The van der Waals surface area contributed by atoms with Gasteiger partial charge in [0, 0.05) is 17.1 Å². The quantitative estimate of drug-likeness (QED) is 0.893. The van der Waals surface area contributed by atoms with Gasteiger partial charge in [-0.15, -0.1) is 0 Å². The normalized spacial score (nSPS) is 20.0. The second kappa shape index (κ2) is 6.91. The van der Waals surface area contributed by atoms with Crippen molar-refractivity contribution in [3.05, 3.63) is 34.3 Å². The summed E-state index contributed by atoms with van der Waals surface area (Å²) in [5, 5.41) is 5.87. The average molecular weight is 327 g/mol. The lowest BCUT2D eigenvalue weighted by atomic mass is 10.1. The van der Waals surface area contributed by atoms with Gasteiger partial charge in [-0.3, -0.25) is 0 Å². The molecule has 0 bridgehead atoms. The Hall–Kier alpha value is -1.07. The van der Waals surface area contributed by atoms with E-state index >= 15 is 0 Å². The molecule has 1 aromatic carbocycles. The van der Waals surface area contributed by atoms with Gasteiger partial charge in [0.05, 0.1) is 12.6 Å². The van der Waals surface area contributed by atoms with E-state index in [1.165, 1.54) is 5.56 Å². The molecular weight excluding hydrogens is 308 g/mol. The molecule has 0 aliphatic carbocycles. The molecule has 1 aliphatic rings. The van der Waals surface area contributed by atoms with E-state index in [1.807, 2.05) is 19.1 Å². The largest absolute Gasteiger partial charge is 0.379 e. The van der Waals surface area contributed by atoms with Crippen molar-refractivity contribution < 1.29 is 9.53 Å². The number of halogens is 1. The number of amides is 2. The van der Waals surface area contributed by atoms with Gasteiger partial charge in [0.25, 0.3) is 0 Å². The minimum atomic E-state index is -0.111. The van der Waals surface area contributed by atoms with Crippen molar-refractivity contribution in [1.29, 1.82) is 0 Å². The molecule has 1 fully saturated rings. The zero-order chi connectivity index (χ0) is 13.7. The highest BCUT2D eigenvalue weighted by Gasteiger charge is 2.18. The average Bonchev–Trinajstić information content (AvgIpc) is 2.84. The van der Waals surface area contributed by atoms with Crippen LogP contribution >= 0.6 is 15.9 Å². The Morgan fingerprint density at radius 2 is 2.21 bits per heavy atom. The SMILES string of the molecule is CC(Cc1ccc(Br)cc1)NC(=O)NC1CCOC1. The number of hydrogen-bond acceptors (Lipinski definition) is 2. The van der Waals surface area contributed by atoms with E-state index in [0.717, 1.165) is 23.9 Å². The summed E-state index contributed by atoms with van der Waals surface area (Å²) in [6.45, 7) is 3.36. The summed E-state index contributed by atoms with van der Waals surface area (Å²) >= 11 is 3.41. The predicted octanol–water partition coefficient (Wildman–Crippen LogP) is 2.47. The molecule has 4 nitrogen and oxygen atoms in total. The molecule has 2 unspecified atom stereocenters. The van der Waals surface area contributed by atoms with Crippen LogP contribution < -0.4 is 10.6 Å². The molecule has 1 saturated heterocycles. The van der Waals surface area contributed by atoms with Crippen molar-refractivity contribution in [3.63, 3.8) is 0 Å². The summed E-state index contributed by atoms with van der Waals surface area (Å²) in [5.41, 5.74) is 1.21. The van der Waals surface area contributed by atoms with Gasteiger partial charge in [0.2, 0.25) is 0 Å². The van der Waals surface area contributed by atoms with E-state index in [4.69, 9.17) is 4.74 Å². The van der Waals surface area contributed by atoms with E-state index < -0.39 is 0 Å². The summed E-state index contributed by atoms with van der Waals surface area (Å²) in [6, 6.07) is 8.29. The van der Waals surface area contributed by atoms with Crippen LogP contribution in [0.4, 0.5) is 4.79 Å². The van der Waals surface area contributed by atoms with Crippen LogP contribution in [0.15, 0.2) is 28.7 Å². The second-order valence-corrected chi connectivity index (χ2v) is 5.83. The number of hydrogen-bond donors (Lipinski definition) is 2. The van der Waals surface area contributed by atoms with Crippen molar-refractivity contribution in [1.82, 2.24) is 10.6 Å². The number of rotatable bonds is 4. The number of carbonyl (C=O) groups is 1. The number of nitrogens with one attached hydrogen (secondary N) is 2.